The molecule has 2 aromatic carbocycles. The molecule has 2 N–H and O–H groups in total. The fraction of sp³-hybridized carbons (Fsp3) is 0.133. The summed E-state index contributed by atoms with van der Waals surface area (Å²) >= 11 is 0. The van der Waals surface area contributed by atoms with E-state index < -0.39 is 10.8 Å². The largest absolute Gasteiger partial charge is 0.489 e. The highest BCUT2D eigenvalue weighted by atomic mass is 16.6. The molecule has 6 nitrogen and oxygen atoms in total. The Hall–Kier alpha value is -2.89. The number of nitro benzene ring substituents is 1. The van der Waals surface area contributed by atoms with E-state index in [1.165, 1.54) is 18.2 Å². The van der Waals surface area contributed by atoms with Crippen molar-refractivity contribution < 1.29 is 14.5 Å². The second-order valence-electron chi connectivity index (χ2n) is 4.46. The minimum absolute atomic E-state index is 0.138. The molecule has 0 radical (unpaired) electrons. The lowest BCUT2D eigenvalue weighted by Gasteiger charge is -2.08. The molecule has 0 aliphatic heterocycles. The molecule has 108 valence electrons. The van der Waals surface area contributed by atoms with Crippen LogP contribution in [0.5, 0.6) is 5.75 Å². The predicted octanol–water partition coefficient (Wildman–Crippen LogP) is 2.20. The fourth-order valence-electron chi connectivity index (χ4n) is 1.90. The molecule has 21 heavy (non-hydrogen) atoms. The number of nitrogens with zero attached hydrogens (tertiary/aromatic N) is 1. The average molecular weight is 286 g/mol. The number of hydrogen-bond acceptors (Lipinski definition) is 4. The number of nitrogens with two attached hydrogens (primary N) is 1. The molecule has 0 saturated heterocycles. The first-order chi connectivity index (χ1) is 10.1. The van der Waals surface area contributed by atoms with Crippen LogP contribution in [0.3, 0.4) is 0 Å². The molecular weight excluding hydrogens is 272 g/mol. The Balaban J connectivity index is 2.17. The minimum Gasteiger partial charge on any atom is -0.489 e. The van der Waals surface area contributed by atoms with E-state index in [0.29, 0.717) is 12.4 Å². The second kappa shape index (κ2) is 6.51. The summed E-state index contributed by atoms with van der Waals surface area (Å²) in [6.45, 7) is 0.342. The average Bonchev–Trinajstić information content (AvgIpc) is 2.45. The number of ether oxygens (including phenoxy) is 1. The maximum atomic E-state index is 11.0. The van der Waals surface area contributed by atoms with Gasteiger partial charge in [0.05, 0.1) is 11.3 Å². The molecule has 0 aromatic heterocycles. The van der Waals surface area contributed by atoms with E-state index >= 15 is 0 Å². The highest BCUT2D eigenvalue weighted by Gasteiger charge is 2.16. The van der Waals surface area contributed by atoms with E-state index in [9.17, 15) is 14.9 Å². The fourth-order valence-corrected chi connectivity index (χ4v) is 1.90. The van der Waals surface area contributed by atoms with Crippen molar-refractivity contribution in [3.8, 4) is 5.75 Å². The Morgan fingerprint density at radius 1 is 1.19 bits per heavy atom. The summed E-state index contributed by atoms with van der Waals surface area (Å²) in [5.41, 5.74) is 6.20. The topological polar surface area (TPSA) is 95.5 Å². The first-order valence-electron chi connectivity index (χ1n) is 6.28. The van der Waals surface area contributed by atoms with Gasteiger partial charge in [-0.05, 0) is 17.7 Å². The Morgan fingerprint density at radius 2 is 1.90 bits per heavy atom. The lowest BCUT2D eigenvalue weighted by Crippen LogP contribution is -2.14. The molecular formula is C15H14N2O4. The van der Waals surface area contributed by atoms with Crippen LogP contribution in [0.15, 0.2) is 48.5 Å². The molecule has 2 aromatic rings. The molecule has 6 heteroatoms. The Kier molecular flexibility index (Phi) is 4.50. The van der Waals surface area contributed by atoms with Gasteiger partial charge in [-0.3, -0.25) is 14.9 Å². The monoisotopic (exact) mass is 286 g/mol. The Morgan fingerprint density at radius 3 is 2.52 bits per heavy atom. The normalized spacial score (nSPS) is 10.1. The van der Waals surface area contributed by atoms with E-state index in [-0.39, 0.29) is 17.7 Å². The summed E-state index contributed by atoms with van der Waals surface area (Å²) < 4.78 is 5.57. The molecule has 0 saturated carbocycles. The SMILES string of the molecule is NC(=O)Cc1cc(OCc2ccccc2)ccc1[N+](=O)[O-]. The molecule has 0 heterocycles. The van der Waals surface area contributed by atoms with Crippen molar-refractivity contribution in [3.63, 3.8) is 0 Å². The number of carbonyl (C=O) groups is 1. The second-order valence-corrected chi connectivity index (χ2v) is 4.46. The molecule has 0 unspecified atom stereocenters. The van der Waals surface area contributed by atoms with Crippen LogP contribution in [0, 0.1) is 10.1 Å². The van der Waals surface area contributed by atoms with Crippen molar-refractivity contribution in [2.45, 2.75) is 13.0 Å². The number of benzene rings is 2. The summed E-state index contributed by atoms with van der Waals surface area (Å²) in [4.78, 5) is 21.4. The van der Waals surface area contributed by atoms with E-state index in [4.69, 9.17) is 10.5 Å². The van der Waals surface area contributed by atoms with E-state index in [0.717, 1.165) is 5.56 Å². The van der Waals surface area contributed by atoms with E-state index in [2.05, 4.69) is 0 Å². The lowest BCUT2D eigenvalue weighted by molar-refractivity contribution is -0.385. The zero-order chi connectivity index (χ0) is 15.2. The number of carbonyl (C=O) groups excluding carboxylic acids is 1. The van der Waals surface area contributed by atoms with Crippen LogP contribution in [0.1, 0.15) is 11.1 Å². The summed E-state index contributed by atoms with van der Waals surface area (Å²) in [7, 11) is 0. The molecule has 0 atom stereocenters. The first-order valence-corrected chi connectivity index (χ1v) is 6.28. The number of rotatable bonds is 6. The zero-order valence-electron chi connectivity index (χ0n) is 11.2. The van der Waals surface area contributed by atoms with Gasteiger partial charge in [0.2, 0.25) is 5.91 Å². The highest BCUT2D eigenvalue weighted by Crippen LogP contribution is 2.25. The molecule has 0 fully saturated rings. The third-order valence-corrected chi connectivity index (χ3v) is 2.86. The van der Waals surface area contributed by atoms with Gasteiger partial charge >= 0.3 is 0 Å². The Bertz CT molecular complexity index is 656. The summed E-state index contributed by atoms with van der Waals surface area (Å²) in [6, 6.07) is 13.8. The smallest absolute Gasteiger partial charge is 0.273 e. The van der Waals surface area contributed by atoms with Gasteiger partial charge in [-0.25, -0.2) is 0 Å². The van der Waals surface area contributed by atoms with Crippen molar-refractivity contribution in [1.82, 2.24) is 0 Å². The van der Waals surface area contributed by atoms with Gasteiger partial charge in [-0.15, -0.1) is 0 Å². The van der Waals surface area contributed by atoms with Crippen molar-refractivity contribution in [1.29, 1.82) is 0 Å². The summed E-state index contributed by atoms with van der Waals surface area (Å²) in [5.74, 6) is -0.168. The van der Waals surface area contributed by atoms with Gasteiger partial charge < -0.3 is 10.5 Å². The number of hydrogen-bond donors (Lipinski definition) is 1. The van der Waals surface area contributed by atoms with Gasteiger partial charge in [-0.1, -0.05) is 30.3 Å². The van der Waals surface area contributed by atoms with Gasteiger partial charge in [0.25, 0.3) is 5.69 Å². The van der Waals surface area contributed by atoms with Crippen molar-refractivity contribution in [3.05, 3.63) is 69.8 Å². The number of primary amides is 1. The standard InChI is InChI=1S/C15H14N2O4/c16-15(18)9-12-8-13(6-7-14(12)17(19)20)21-10-11-4-2-1-3-5-11/h1-8H,9-10H2,(H2,16,18). The van der Waals surface area contributed by atoms with Crippen LogP contribution in [0.2, 0.25) is 0 Å². The van der Waals surface area contributed by atoms with E-state index in [1.54, 1.807) is 0 Å². The van der Waals surface area contributed by atoms with Crippen LogP contribution in [0.4, 0.5) is 5.69 Å². The van der Waals surface area contributed by atoms with Crippen molar-refractivity contribution in [2.24, 2.45) is 5.73 Å². The van der Waals surface area contributed by atoms with Gasteiger partial charge in [0.1, 0.15) is 12.4 Å². The predicted molar refractivity (Wildman–Crippen MR) is 76.8 cm³/mol. The van der Waals surface area contributed by atoms with Crippen molar-refractivity contribution >= 4 is 11.6 Å². The van der Waals surface area contributed by atoms with Gasteiger partial charge in [-0.2, -0.15) is 0 Å². The molecule has 1 amide bonds. The van der Waals surface area contributed by atoms with Crippen LogP contribution >= 0.6 is 0 Å². The van der Waals surface area contributed by atoms with Crippen LogP contribution in [0.25, 0.3) is 0 Å². The first kappa shape index (κ1) is 14.5. The van der Waals surface area contributed by atoms with Gasteiger partial charge in [0, 0.05) is 11.6 Å². The summed E-state index contributed by atoms with van der Waals surface area (Å²) in [5, 5.41) is 10.9. The third kappa shape index (κ3) is 4.04. The Labute approximate surface area is 121 Å². The number of nitro groups is 1. The highest BCUT2D eigenvalue weighted by molar-refractivity contribution is 5.78. The minimum atomic E-state index is -0.627. The quantitative estimate of drug-likeness (QED) is 0.650. The molecule has 0 aliphatic rings. The maximum absolute atomic E-state index is 11.0. The molecule has 0 aliphatic carbocycles. The molecule has 0 spiro atoms. The van der Waals surface area contributed by atoms with Crippen LogP contribution < -0.4 is 10.5 Å². The molecule has 2 rings (SSSR count). The van der Waals surface area contributed by atoms with Crippen molar-refractivity contribution in [2.75, 3.05) is 0 Å². The molecule has 0 bridgehead atoms. The van der Waals surface area contributed by atoms with E-state index in [1.807, 2.05) is 30.3 Å². The van der Waals surface area contributed by atoms with Crippen LogP contribution in [-0.4, -0.2) is 10.8 Å². The summed E-state index contributed by atoms with van der Waals surface area (Å²) in [6.07, 6.45) is -0.196. The van der Waals surface area contributed by atoms with Gasteiger partial charge in [0.15, 0.2) is 0 Å². The number of amides is 1. The lowest BCUT2D eigenvalue weighted by atomic mass is 10.1. The maximum Gasteiger partial charge on any atom is 0.273 e. The third-order valence-electron chi connectivity index (χ3n) is 2.86. The zero-order valence-corrected chi connectivity index (χ0v) is 11.2. The van der Waals surface area contributed by atoms with Crippen LogP contribution in [-0.2, 0) is 17.8 Å².